The summed E-state index contributed by atoms with van der Waals surface area (Å²) < 4.78 is 28.4. The number of hydrogen-bond donors (Lipinski definition) is 2. The Hall–Kier alpha value is -5.77. The van der Waals surface area contributed by atoms with Crippen LogP contribution in [0.25, 0.3) is 0 Å². The molecule has 0 spiro atoms. The minimum atomic E-state index is -0.412. The smallest absolute Gasteiger partial charge is 0.262 e. The van der Waals surface area contributed by atoms with Crippen molar-refractivity contribution in [1.29, 1.82) is 0 Å². The van der Waals surface area contributed by atoms with E-state index >= 15 is 0 Å². The number of anilines is 3. The van der Waals surface area contributed by atoms with E-state index in [2.05, 4.69) is 20.6 Å². The van der Waals surface area contributed by atoms with E-state index in [1.807, 2.05) is 62.4 Å². The van der Waals surface area contributed by atoms with E-state index in [0.29, 0.717) is 46.7 Å². The SMILES string of the molecule is COc1cc(Nc2ncc(C(=O)Nc3c(C)cccc3C)c(Oc3ccc(OCc4ccccc4)cc3)n2)cc(OC)c1OC. The van der Waals surface area contributed by atoms with Gasteiger partial charge in [-0.05, 0) is 54.8 Å². The van der Waals surface area contributed by atoms with Gasteiger partial charge in [0.25, 0.3) is 5.91 Å². The fourth-order valence-electron chi connectivity index (χ4n) is 4.59. The summed E-state index contributed by atoms with van der Waals surface area (Å²) >= 11 is 0. The summed E-state index contributed by atoms with van der Waals surface area (Å²) in [6.07, 6.45) is 1.42. The highest BCUT2D eigenvalue weighted by atomic mass is 16.5. The first-order chi connectivity index (χ1) is 21.9. The zero-order valence-corrected chi connectivity index (χ0v) is 25.7. The van der Waals surface area contributed by atoms with Gasteiger partial charge in [-0.15, -0.1) is 0 Å². The third-order valence-electron chi connectivity index (χ3n) is 6.93. The molecule has 0 aliphatic heterocycles. The van der Waals surface area contributed by atoms with E-state index in [9.17, 15) is 4.79 Å². The van der Waals surface area contributed by atoms with Crippen LogP contribution < -0.4 is 34.3 Å². The molecule has 1 heterocycles. The number of benzene rings is 4. The minimum Gasteiger partial charge on any atom is -0.493 e. The van der Waals surface area contributed by atoms with Crippen molar-refractivity contribution < 1.29 is 28.5 Å². The molecule has 0 unspecified atom stereocenters. The summed E-state index contributed by atoms with van der Waals surface area (Å²) in [6.45, 7) is 4.30. The predicted molar refractivity (Wildman–Crippen MR) is 173 cm³/mol. The summed E-state index contributed by atoms with van der Waals surface area (Å²) in [5.41, 5.74) is 4.36. The topological polar surface area (TPSA) is 113 Å². The summed E-state index contributed by atoms with van der Waals surface area (Å²) in [5.74, 6) is 2.32. The number of hydrogen-bond acceptors (Lipinski definition) is 9. The van der Waals surface area contributed by atoms with Crippen LogP contribution in [0.15, 0.2) is 91.1 Å². The second-order valence-corrected chi connectivity index (χ2v) is 10.0. The second-order valence-electron chi connectivity index (χ2n) is 10.0. The average Bonchev–Trinajstić information content (AvgIpc) is 3.06. The van der Waals surface area contributed by atoms with Crippen molar-refractivity contribution in [2.75, 3.05) is 32.0 Å². The Labute approximate surface area is 261 Å². The molecule has 0 saturated carbocycles. The monoisotopic (exact) mass is 606 g/mol. The van der Waals surface area contributed by atoms with Gasteiger partial charge in [0, 0.05) is 29.7 Å². The highest BCUT2D eigenvalue weighted by Gasteiger charge is 2.20. The molecule has 4 aromatic carbocycles. The van der Waals surface area contributed by atoms with Gasteiger partial charge in [0.05, 0.1) is 21.3 Å². The van der Waals surface area contributed by atoms with Gasteiger partial charge >= 0.3 is 0 Å². The number of methoxy groups -OCH3 is 3. The third-order valence-corrected chi connectivity index (χ3v) is 6.93. The van der Waals surface area contributed by atoms with E-state index in [1.165, 1.54) is 27.5 Å². The maximum atomic E-state index is 13.6. The van der Waals surface area contributed by atoms with Gasteiger partial charge < -0.3 is 34.3 Å². The normalized spacial score (nSPS) is 10.5. The van der Waals surface area contributed by atoms with Crippen LogP contribution in [0.3, 0.4) is 0 Å². The molecule has 0 radical (unpaired) electrons. The van der Waals surface area contributed by atoms with Gasteiger partial charge in [-0.3, -0.25) is 4.79 Å². The lowest BCUT2D eigenvalue weighted by molar-refractivity contribution is 0.102. The Morgan fingerprint density at radius 2 is 1.42 bits per heavy atom. The Morgan fingerprint density at radius 3 is 2.04 bits per heavy atom. The highest BCUT2D eigenvalue weighted by molar-refractivity contribution is 6.06. The van der Waals surface area contributed by atoms with E-state index in [1.54, 1.807) is 36.4 Å². The number of nitrogens with one attached hydrogen (secondary N) is 2. The lowest BCUT2D eigenvalue weighted by Crippen LogP contribution is -2.16. The molecular formula is C35H34N4O6. The maximum Gasteiger partial charge on any atom is 0.262 e. The van der Waals surface area contributed by atoms with E-state index in [4.69, 9.17) is 23.7 Å². The average molecular weight is 607 g/mol. The van der Waals surface area contributed by atoms with Crippen molar-refractivity contribution in [3.8, 4) is 34.6 Å². The molecule has 0 fully saturated rings. The first-order valence-electron chi connectivity index (χ1n) is 14.1. The van der Waals surface area contributed by atoms with Gasteiger partial charge in [0.2, 0.25) is 17.6 Å². The van der Waals surface area contributed by atoms with Crippen molar-refractivity contribution in [3.63, 3.8) is 0 Å². The number of para-hydroxylation sites is 1. The molecule has 5 aromatic rings. The standard InChI is InChI=1S/C35H34N4O6/c1-22-10-9-11-23(2)31(22)38-33(40)28-20-36-35(37-25-18-29(41-3)32(43-5)30(19-25)42-4)39-34(28)45-27-16-14-26(15-17-27)44-21-24-12-7-6-8-13-24/h6-20H,21H2,1-5H3,(H,38,40)(H,36,37,39). The third kappa shape index (κ3) is 7.42. The van der Waals surface area contributed by atoms with Crippen LogP contribution in [0.5, 0.6) is 34.6 Å². The largest absolute Gasteiger partial charge is 0.493 e. The van der Waals surface area contributed by atoms with Crippen LogP contribution in [0, 0.1) is 13.8 Å². The van der Waals surface area contributed by atoms with Crippen LogP contribution in [0.1, 0.15) is 27.0 Å². The minimum absolute atomic E-state index is 0.0571. The zero-order valence-electron chi connectivity index (χ0n) is 25.7. The molecular weight excluding hydrogens is 572 g/mol. The summed E-state index contributed by atoms with van der Waals surface area (Å²) in [4.78, 5) is 22.5. The lowest BCUT2D eigenvalue weighted by Gasteiger charge is -2.16. The van der Waals surface area contributed by atoms with Crippen molar-refractivity contribution in [2.24, 2.45) is 0 Å². The zero-order chi connectivity index (χ0) is 31.8. The first-order valence-corrected chi connectivity index (χ1v) is 14.1. The number of nitrogens with zero attached hydrogens (tertiary/aromatic N) is 2. The highest BCUT2D eigenvalue weighted by Crippen LogP contribution is 2.40. The van der Waals surface area contributed by atoms with Gasteiger partial charge in [-0.25, -0.2) is 4.98 Å². The molecule has 0 saturated heterocycles. The van der Waals surface area contributed by atoms with Crippen LogP contribution in [-0.2, 0) is 6.61 Å². The van der Waals surface area contributed by atoms with Gasteiger partial charge in [0.15, 0.2) is 11.5 Å². The second kappa shape index (κ2) is 14.1. The summed E-state index contributed by atoms with van der Waals surface area (Å²) in [5, 5.41) is 6.12. The molecule has 0 aliphatic carbocycles. The number of aromatic nitrogens is 2. The fraction of sp³-hybridized carbons (Fsp3) is 0.171. The van der Waals surface area contributed by atoms with Crippen LogP contribution in [0.4, 0.5) is 17.3 Å². The number of ether oxygens (including phenoxy) is 5. The van der Waals surface area contributed by atoms with E-state index < -0.39 is 5.91 Å². The molecule has 10 heteroatoms. The number of rotatable bonds is 12. The van der Waals surface area contributed by atoms with Gasteiger partial charge in [0.1, 0.15) is 23.7 Å². The van der Waals surface area contributed by atoms with Crippen LogP contribution >= 0.6 is 0 Å². The molecule has 45 heavy (non-hydrogen) atoms. The molecule has 2 N–H and O–H groups in total. The van der Waals surface area contributed by atoms with E-state index in [0.717, 1.165) is 16.7 Å². The van der Waals surface area contributed by atoms with Crippen molar-refractivity contribution in [1.82, 2.24) is 9.97 Å². The Bertz CT molecular complexity index is 1730. The summed E-state index contributed by atoms with van der Waals surface area (Å²) in [7, 11) is 4.60. The summed E-state index contributed by atoms with van der Waals surface area (Å²) in [6, 6.07) is 26.3. The van der Waals surface area contributed by atoms with E-state index in [-0.39, 0.29) is 17.4 Å². The molecule has 0 bridgehead atoms. The molecule has 1 aromatic heterocycles. The first kappa shape index (κ1) is 30.7. The van der Waals surface area contributed by atoms with Crippen molar-refractivity contribution >= 4 is 23.2 Å². The van der Waals surface area contributed by atoms with Crippen molar-refractivity contribution in [3.05, 3.63) is 113 Å². The fourth-order valence-corrected chi connectivity index (χ4v) is 4.59. The van der Waals surface area contributed by atoms with Crippen LogP contribution in [-0.4, -0.2) is 37.2 Å². The number of carbonyl (C=O) groups is 1. The van der Waals surface area contributed by atoms with Crippen LogP contribution in [0.2, 0.25) is 0 Å². The van der Waals surface area contributed by atoms with Gasteiger partial charge in [-0.2, -0.15) is 4.98 Å². The molecule has 5 rings (SSSR count). The molecule has 230 valence electrons. The Morgan fingerprint density at radius 1 is 0.778 bits per heavy atom. The molecule has 1 amide bonds. The number of amides is 1. The Balaban J connectivity index is 1.43. The van der Waals surface area contributed by atoms with Crippen molar-refractivity contribution in [2.45, 2.75) is 20.5 Å². The number of carbonyl (C=O) groups excluding carboxylic acids is 1. The predicted octanol–water partition coefficient (Wildman–Crippen LogP) is 7.49. The quantitative estimate of drug-likeness (QED) is 0.149. The van der Waals surface area contributed by atoms with Gasteiger partial charge in [-0.1, -0.05) is 48.5 Å². The number of aryl methyl sites for hydroxylation is 2. The Kier molecular flexibility index (Phi) is 9.64. The molecule has 0 aliphatic rings. The maximum absolute atomic E-state index is 13.6. The lowest BCUT2D eigenvalue weighted by atomic mass is 10.1. The molecule has 0 atom stereocenters. The molecule has 10 nitrogen and oxygen atoms in total.